The molecule has 0 bridgehead atoms. The van der Waals surface area contributed by atoms with Gasteiger partial charge in [-0.25, -0.2) is 0 Å². The highest BCUT2D eigenvalue weighted by atomic mass is 16.5. The van der Waals surface area contributed by atoms with Crippen LogP contribution in [0, 0.1) is 11.3 Å². The average Bonchev–Trinajstić information content (AvgIpc) is 2.38. The summed E-state index contributed by atoms with van der Waals surface area (Å²) in [6.45, 7) is 0.569. The summed E-state index contributed by atoms with van der Waals surface area (Å²) < 4.78 is 4.90. The van der Waals surface area contributed by atoms with Crippen LogP contribution < -0.4 is 4.90 Å². The number of nitrogens with zero attached hydrogens (tertiary/aromatic N) is 2. The molecule has 0 unspecified atom stereocenters. The standard InChI is InChI=1S/C13H16N2O2/c1-15(13(16)8-5-9-17-2)12-7-4-3-6-11(12)10-14/h3-4,6-7H,5,8-9H2,1-2H3. The Labute approximate surface area is 101 Å². The van der Waals surface area contributed by atoms with Crippen molar-refractivity contribution in [2.24, 2.45) is 0 Å². The number of para-hydroxylation sites is 1. The first kappa shape index (κ1) is 13.2. The molecule has 0 spiro atoms. The minimum Gasteiger partial charge on any atom is -0.385 e. The molecule has 0 aromatic heterocycles. The predicted molar refractivity (Wildman–Crippen MR) is 65.7 cm³/mol. The molecule has 4 heteroatoms. The van der Waals surface area contributed by atoms with Gasteiger partial charge >= 0.3 is 0 Å². The zero-order valence-electron chi connectivity index (χ0n) is 10.1. The molecule has 1 aromatic carbocycles. The third-order valence-electron chi connectivity index (χ3n) is 2.50. The molecule has 0 atom stereocenters. The number of carbonyl (C=O) groups is 1. The smallest absolute Gasteiger partial charge is 0.226 e. The molecule has 0 N–H and O–H groups in total. The number of nitriles is 1. The fraction of sp³-hybridized carbons (Fsp3) is 0.385. The molecule has 0 fully saturated rings. The fourth-order valence-corrected chi connectivity index (χ4v) is 1.53. The summed E-state index contributed by atoms with van der Waals surface area (Å²) in [5.74, 6) is -0.00949. The van der Waals surface area contributed by atoms with Crippen molar-refractivity contribution in [3.63, 3.8) is 0 Å². The summed E-state index contributed by atoms with van der Waals surface area (Å²) in [5.41, 5.74) is 1.16. The Balaban J connectivity index is 2.72. The minimum absolute atomic E-state index is 0.00949. The molecule has 0 aliphatic carbocycles. The van der Waals surface area contributed by atoms with Crippen molar-refractivity contribution in [1.82, 2.24) is 0 Å². The lowest BCUT2D eigenvalue weighted by Gasteiger charge is -2.18. The number of benzene rings is 1. The maximum Gasteiger partial charge on any atom is 0.226 e. The van der Waals surface area contributed by atoms with Crippen LogP contribution in [0.1, 0.15) is 18.4 Å². The van der Waals surface area contributed by atoms with Gasteiger partial charge in [-0.2, -0.15) is 5.26 Å². The lowest BCUT2D eigenvalue weighted by Crippen LogP contribution is -2.26. The van der Waals surface area contributed by atoms with Crippen LogP contribution in [-0.2, 0) is 9.53 Å². The molecule has 17 heavy (non-hydrogen) atoms. The first-order chi connectivity index (χ1) is 8.20. The van der Waals surface area contributed by atoms with Crippen molar-refractivity contribution in [3.05, 3.63) is 29.8 Å². The van der Waals surface area contributed by atoms with E-state index < -0.39 is 0 Å². The fourth-order valence-electron chi connectivity index (χ4n) is 1.53. The summed E-state index contributed by atoms with van der Waals surface area (Å²) in [6.07, 6.45) is 1.11. The van der Waals surface area contributed by atoms with Crippen LogP contribution in [0.15, 0.2) is 24.3 Å². The third kappa shape index (κ3) is 3.58. The highest BCUT2D eigenvalue weighted by molar-refractivity contribution is 5.94. The molecule has 1 amide bonds. The summed E-state index contributed by atoms with van der Waals surface area (Å²) >= 11 is 0. The Bertz CT molecular complexity index is 424. The van der Waals surface area contributed by atoms with Crippen molar-refractivity contribution in [1.29, 1.82) is 5.26 Å². The molecule has 1 aromatic rings. The topological polar surface area (TPSA) is 53.3 Å². The molecule has 90 valence electrons. The molecule has 0 saturated carbocycles. The molecular weight excluding hydrogens is 216 g/mol. The summed E-state index contributed by atoms with van der Waals surface area (Å²) in [6, 6.07) is 9.15. The highest BCUT2D eigenvalue weighted by Gasteiger charge is 2.13. The van der Waals surface area contributed by atoms with Crippen LogP contribution >= 0.6 is 0 Å². The second kappa shape index (κ2) is 6.66. The van der Waals surface area contributed by atoms with Gasteiger partial charge in [0.2, 0.25) is 5.91 Å². The maximum absolute atomic E-state index is 11.8. The second-order valence-electron chi connectivity index (χ2n) is 3.68. The van der Waals surface area contributed by atoms with Crippen LogP contribution in [0.5, 0.6) is 0 Å². The molecule has 0 saturated heterocycles. The Kier molecular flexibility index (Phi) is 5.18. The van der Waals surface area contributed by atoms with Gasteiger partial charge in [-0.1, -0.05) is 12.1 Å². The molecule has 1 rings (SSSR count). The van der Waals surface area contributed by atoms with Crippen molar-refractivity contribution >= 4 is 11.6 Å². The van der Waals surface area contributed by atoms with Crippen LogP contribution in [0.4, 0.5) is 5.69 Å². The average molecular weight is 232 g/mol. The lowest BCUT2D eigenvalue weighted by molar-refractivity contribution is -0.118. The number of hydrogen-bond acceptors (Lipinski definition) is 3. The number of methoxy groups -OCH3 is 1. The van der Waals surface area contributed by atoms with Crippen LogP contribution in [-0.4, -0.2) is 26.7 Å². The van der Waals surface area contributed by atoms with Gasteiger partial charge in [0.15, 0.2) is 0 Å². The molecular formula is C13H16N2O2. The summed E-state index contributed by atoms with van der Waals surface area (Å²) in [5, 5.41) is 8.96. The zero-order valence-corrected chi connectivity index (χ0v) is 10.1. The summed E-state index contributed by atoms with van der Waals surface area (Å²) in [7, 11) is 3.30. The van der Waals surface area contributed by atoms with Crippen molar-refractivity contribution < 1.29 is 9.53 Å². The SMILES string of the molecule is COCCCC(=O)N(C)c1ccccc1C#N. The minimum atomic E-state index is -0.00949. The third-order valence-corrected chi connectivity index (χ3v) is 2.50. The van der Waals surface area contributed by atoms with E-state index in [9.17, 15) is 4.79 Å². The number of rotatable bonds is 5. The van der Waals surface area contributed by atoms with E-state index in [0.717, 1.165) is 0 Å². The number of amides is 1. The van der Waals surface area contributed by atoms with Gasteiger partial charge in [0.25, 0.3) is 0 Å². The van der Waals surface area contributed by atoms with Gasteiger partial charge < -0.3 is 9.64 Å². The van der Waals surface area contributed by atoms with E-state index in [1.807, 2.05) is 6.07 Å². The Morgan fingerprint density at radius 2 is 2.18 bits per heavy atom. The van der Waals surface area contributed by atoms with Crippen LogP contribution in [0.3, 0.4) is 0 Å². The number of carbonyl (C=O) groups excluding carboxylic acids is 1. The number of hydrogen-bond donors (Lipinski definition) is 0. The van der Waals surface area contributed by atoms with E-state index in [4.69, 9.17) is 10.00 Å². The van der Waals surface area contributed by atoms with Crippen LogP contribution in [0.25, 0.3) is 0 Å². The van der Waals surface area contributed by atoms with E-state index in [-0.39, 0.29) is 5.91 Å². The molecule has 0 heterocycles. The van der Waals surface area contributed by atoms with E-state index in [2.05, 4.69) is 6.07 Å². The lowest BCUT2D eigenvalue weighted by atomic mass is 10.1. The highest BCUT2D eigenvalue weighted by Crippen LogP contribution is 2.18. The number of anilines is 1. The van der Waals surface area contributed by atoms with Gasteiger partial charge in [-0.05, 0) is 18.6 Å². The largest absolute Gasteiger partial charge is 0.385 e. The Morgan fingerprint density at radius 1 is 1.47 bits per heavy atom. The molecule has 4 nitrogen and oxygen atoms in total. The predicted octanol–water partition coefficient (Wildman–Crippen LogP) is 1.95. The summed E-state index contributed by atoms with van der Waals surface area (Å²) in [4.78, 5) is 13.4. The monoisotopic (exact) mass is 232 g/mol. The van der Waals surface area contributed by atoms with E-state index in [1.165, 1.54) is 4.90 Å². The van der Waals surface area contributed by atoms with Gasteiger partial charge in [0.05, 0.1) is 11.3 Å². The van der Waals surface area contributed by atoms with Crippen LogP contribution in [0.2, 0.25) is 0 Å². The zero-order chi connectivity index (χ0) is 12.7. The van der Waals surface area contributed by atoms with Gasteiger partial charge in [-0.3, -0.25) is 4.79 Å². The van der Waals surface area contributed by atoms with Crippen molar-refractivity contribution in [2.75, 3.05) is 25.7 Å². The molecule has 0 aliphatic heterocycles. The first-order valence-electron chi connectivity index (χ1n) is 5.45. The van der Waals surface area contributed by atoms with E-state index in [0.29, 0.717) is 30.7 Å². The number of ether oxygens (including phenoxy) is 1. The van der Waals surface area contributed by atoms with Crippen molar-refractivity contribution in [3.8, 4) is 6.07 Å². The van der Waals surface area contributed by atoms with Gasteiger partial charge in [0, 0.05) is 27.2 Å². The van der Waals surface area contributed by atoms with E-state index >= 15 is 0 Å². The Hall–Kier alpha value is -1.86. The van der Waals surface area contributed by atoms with Gasteiger partial charge in [-0.15, -0.1) is 0 Å². The van der Waals surface area contributed by atoms with E-state index in [1.54, 1.807) is 32.4 Å². The first-order valence-corrected chi connectivity index (χ1v) is 5.45. The van der Waals surface area contributed by atoms with Crippen molar-refractivity contribution in [2.45, 2.75) is 12.8 Å². The van der Waals surface area contributed by atoms with Gasteiger partial charge in [0.1, 0.15) is 6.07 Å². The quantitative estimate of drug-likeness (QED) is 0.729. The Morgan fingerprint density at radius 3 is 2.82 bits per heavy atom. The normalized spacial score (nSPS) is 9.71. The second-order valence-corrected chi connectivity index (χ2v) is 3.68. The molecule has 0 aliphatic rings. The molecule has 0 radical (unpaired) electrons. The maximum atomic E-state index is 11.8.